The predicted octanol–water partition coefficient (Wildman–Crippen LogP) is -1.46. The zero-order valence-corrected chi connectivity index (χ0v) is 24.5. The average molecular weight is 584 g/mol. The molecule has 4 aliphatic heterocycles. The van der Waals surface area contributed by atoms with E-state index in [0.29, 0.717) is 32.7 Å². The lowest BCUT2D eigenvalue weighted by Gasteiger charge is -2.51. The highest BCUT2D eigenvalue weighted by Gasteiger charge is 2.53. The molecule has 41 heavy (non-hydrogen) atoms. The number of piperazine rings is 1. The van der Waals surface area contributed by atoms with Crippen LogP contribution in [0.4, 0.5) is 8.78 Å². The highest BCUT2D eigenvalue weighted by atomic mass is 19.1. The quantitative estimate of drug-likeness (QED) is 0.189. The van der Waals surface area contributed by atoms with Crippen molar-refractivity contribution in [1.29, 1.82) is 0 Å². The number of halogens is 2. The fourth-order valence-corrected chi connectivity index (χ4v) is 8.11. The molecule has 1 aliphatic carbocycles. The van der Waals surface area contributed by atoms with Crippen LogP contribution >= 0.6 is 0 Å². The van der Waals surface area contributed by atoms with E-state index in [1.807, 2.05) is 4.90 Å². The third-order valence-corrected chi connectivity index (χ3v) is 10.3. The molecule has 5 rings (SSSR count). The number of nitrogens with zero attached hydrogens (tertiary/aromatic N) is 3. The summed E-state index contributed by atoms with van der Waals surface area (Å²) in [6.45, 7) is 7.94. The van der Waals surface area contributed by atoms with Crippen molar-refractivity contribution in [3.63, 3.8) is 0 Å². The summed E-state index contributed by atoms with van der Waals surface area (Å²) >= 11 is 0. The molecule has 0 spiro atoms. The minimum atomic E-state index is -1.18. The zero-order chi connectivity index (χ0) is 29.1. The van der Waals surface area contributed by atoms with Gasteiger partial charge >= 0.3 is 0 Å². The van der Waals surface area contributed by atoms with Crippen LogP contribution in [0.15, 0.2) is 0 Å². The molecule has 0 bridgehead atoms. The van der Waals surface area contributed by atoms with Gasteiger partial charge in [0, 0.05) is 58.9 Å². The van der Waals surface area contributed by atoms with Gasteiger partial charge in [-0.25, -0.2) is 8.78 Å². The molecule has 11 nitrogen and oxygen atoms in total. The highest BCUT2D eigenvalue weighted by molar-refractivity contribution is 5.81. The van der Waals surface area contributed by atoms with Gasteiger partial charge in [0.25, 0.3) is 0 Å². The number of likely N-dealkylation sites (tertiary alicyclic amines) is 1. The predicted molar refractivity (Wildman–Crippen MR) is 153 cm³/mol. The first-order chi connectivity index (χ1) is 19.7. The van der Waals surface area contributed by atoms with Crippen LogP contribution in [0.2, 0.25) is 0 Å². The number of rotatable bonds is 8. The van der Waals surface area contributed by atoms with E-state index in [-0.39, 0.29) is 43.3 Å². The molecule has 4 heterocycles. The second kappa shape index (κ2) is 13.4. The summed E-state index contributed by atoms with van der Waals surface area (Å²) in [5.41, 5.74) is 11.6. The van der Waals surface area contributed by atoms with Crippen molar-refractivity contribution in [2.45, 2.75) is 75.3 Å². The molecule has 5 fully saturated rings. The molecule has 13 heteroatoms. The number of carbonyl (C=O) groups is 2. The Morgan fingerprint density at radius 3 is 2.27 bits per heavy atom. The number of nitrogens with two attached hydrogens (primary N) is 2. The van der Waals surface area contributed by atoms with Gasteiger partial charge in [-0.3, -0.25) is 25.1 Å². The van der Waals surface area contributed by atoms with Crippen LogP contribution in [-0.2, 0) is 9.59 Å². The van der Waals surface area contributed by atoms with Crippen LogP contribution < -0.4 is 32.7 Å². The van der Waals surface area contributed by atoms with Crippen LogP contribution in [-0.4, -0.2) is 135 Å². The van der Waals surface area contributed by atoms with Crippen molar-refractivity contribution in [2.75, 3.05) is 72.0 Å². The van der Waals surface area contributed by atoms with E-state index in [0.717, 1.165) is 51.7 Å². The molecule has 0 radical (unpaired) electrons. The van der Waals surface area contributed by atoms with Gasteiger partial charge < -0.3 is 31.9 Å². The van der Waals surface area contributed by atoms with E-state index < -0.39 is 42.2 Å². The van der Waals surface area contributed by atoms with Crippen molar-refractivity contribution >= 4 is 11.8 Å². The number of hydrogen-bond acceptors (Lipinski definition) is 9. The molecule has 5 unspecified atom stereocenters. The molecule has 0 aromatic carbocycles. The van der Waals surface area contributed by atoms with E-state index in [4.69, 9.17) is 11.5 Å². The molecule has 5 atom stereocenters. The van der Waals surface area contributed by atoms with Gasteiger partial charge in [-0.15, -0.1) is 0 Å². The van der Waals surface area contributed by atoms with Crippen molar-refractivity contribution in [1.82, 2.24) is 36.0 Å². The fraction of sp³-hybridized carbons (Fsp3) is 0.929. The second-order valence-electron chi connectivity index (χ2n) is 12.8. The van der Waals surface area contributed by atoms with E-state index >= 15 is 4.39 Å². The smallest absolute Gasteiger partial charge is 0.229 e. The molecule has 0 aromatic rings. The monoisotopic (exact) mass is 583 g/mol. The number of piperidine rings is 1. The molecule has 2 amide bonds. The molecular weight excluding hydrogens is 532 g/mol. The number of nitrogens with one attached hydrogen (secondary N) is 4. The molecular formula is C28H51F2N9O2. The zero-order valence-electron chi connectivity index (χ0n) is 24.5. The molecule has 1 saturated carbocycles. The molecule has 5 aliphatic rings. The molecule has 4 saturated heterocycles. The van der Waals surface area contributed by atoms with Gasteiger partial charge in [0.15, 0.2) is 0 Å². The Morgan fingerprint density at radius 2 is 1.66 bits per heavy atom. The Labute approximate surface area is 242 Å². The number of alkyl halides is 2. The van der Waals surface area contributed by atoms with Crippen LogP contribution in [0.25, 0.3) is 0 Å². The Kier molecular flexibility index (Phi) is 10.1. The summed E-state index contributed by atoms with van der Waals surface area (Å²) in [7, 11) is 0. The molecule has 0 aromatic heterocycles. The fourth-order valence-electron chi connectivity index (χ4n) is 8.11. The lowest BCUT2D eigenvalue weighted by Crippen LogP contribution is -2.77. The van der Waals surface area contributed by atoms with Gasteiger partial charge in [-0.2, -0.15) is 0 Å². The summed E-state index contributed by atoms with van der Waals surface area (Å²) in [4.78, 5) is 33.5. The van der Waals surface area contributed by atoms with Crippen LogP contribution in [0.1, 0.15) is 39.0 Å². The normalized spacial score (nSPS) is 37.0. The standard InChI is InChI=1S/C28H51F2N9O2/c1-2-37-8-7-18(17-37)27(41)39-11-9-38(10-12-39)24-21(30)15-33-16-22(24)36-26(40)23(25(31)32)28(19-5-3-4-6-19)34-13-20(29)14-35-28/h18-25,33-35H,2-17,31-32H2,1H3,(H,36,40). The van der Waals surface area contributed by atoms with E-state index in [1.165, 1.54) is 0 Å². The average Bonchev–Trinajstić information content (AvgIpc) is 3.67. The first-order valence-electron chi connectivity index (χ1n) is 15.8. The van der Waals surface area contributed by atoms with Crippen molar-refractivity contribution < 1.29 is 18.4 Å². The first kappa shape index (κ1) is 31.0. The van der Waals surface area contributed by atoms with Crippen LogP contribution in [0.5, 0.6) is 0 Å². The number of carbonyl (C=O) groups excluding carboxylic acids is 2. The third-order valence-electron chi connectivity index (χ3n) is 10.3. The highest BCUT2D eigenvalue weighted by Crippen LogP contribution is 2.39. The van der Waals surface area contributed by atoms with Gasteiger partial charge in [0.05, 0.1) is 35.7 Å². The minimum Gasteiger partial charge on any atom is -0.350 e. The van der Waals surface area contributed by atoms with Gasteiger partial charge in [-0.1, -0.05) is 19.8 Å². The van der Waals surface area contributed by atoms with Crippen LogP contribution in [0.3, 0.4) is 0 Å². The number of amides is 2. The largest absolute Gasteiger partial charge is 0.350 e. The van der Waals surface area contributed by atoms with Crippen molar-refractivity contribution in [2.24, 2.45) is 29.2 Å². The topological polar surface area (TPSA) is 144 Å². The number of hydrogen-bond donors (Lipinski definition) is 6. The van der Waals surface area contributed by atoms with Gasteiger partial charge in [-0.05, 0) is 38.3 Å². The maximum absolute atomic E-state index is 15.5. The Hall–Kier alpha value is -1.48. The lowest BCUT2D eigenvalue weighted by atomic mass is 9.76. The Bertz CT molecular complexity index is 892. The Morgan fingerprint density at radius 1 is 0.976 bits per heavy atom. The summed E-state index contributed by atoms with van der Waals surface area (Å²) in [6, 6.07) is -1.03. The summed E-state index contributed by atoms with van der Waals surface area (Å²) in [5.74, 6) is -0.870. The summed E-state index contributed by atoms with van der Waals surface area (Å²) in [5, 5.41) is 12.9. The van der Waals surface area contributed by atoms with Crippen molar-refractivity contribution in [3.05, 3.63) is 0 Å². The second-order valence-corrected chi connectivity index (χ2v) is 12.8. The van der Waals surface area contributed by atoms with E-state index in [1.54, 1.807) is 0 Å². The summed E-state index contributed by atoms with van der Waals surface area (Å²) in [6.07, 6.45) is 1.52. The van der Waals surface area contributed by atoms with E-state index in [2.05, 4.69) is 38.0 Å². The van der Waals surface area contributed by atoms with Crippen molar-refractivity contribution in [3.8, 4) is 0 Å². The molecule has 234 valence electrons. The minimum absolute atomic E-state index is 0.0422. The Balaban J connectivity index is 1.26. The summed E-state index contributed by atoms with van der Waals surface area (Å²) < 4.78 is 29.7. The van der Waals surface area contributed by atoms with Crippen LogP contribution in [0, 0.1) is 17.8 Å². The van der Waals surface area contributed by atoms with E-state index in [9.17, 15) is 14.0 Å². The van der Waals surface area contributed by atoms with Gasteiger partial charge in [0.1, 0.15) is 12.3 Å². The maximum atomic E-state index is 15.5. The first-order valence-corrected chi connectivity index (χ1v) is 15.8. The maximum Gasteiger partial charge on any atom is 0.229 e. The third kappa shape index (κ3) is 6.56. The SMILES string of the molecule is CCN1CCC(C(=O)N2CCN(C3C(F)CNCC3NC(=O)C(C(N)N)C3(C4CCCC4)NCC(F)CN3)CC2)C1. The lowest BCUT2D eigenvalue weighted by molar-refractivity contribution is -0.137. The molecule has 8 N–H and O–H groups in total. The van der Waals surface area contributed by atoms with Gasteiger partial charge in [0.2, 0.25) is 11.8 Å².